The molecule has 0 spiro atoms. The standard InChI is InChI=1S/C22H22ClN7O3/c23-15-3-4-19-17(11-15)25-22(33-19)29-8-6-28(7-9-29)20(31)13-30-5-1-2-18(30)16-10-14(12-24)21(32)27-26-16/h3-4,10-11,18H,1-2,5-9,13H2,(H,27,32). The van der Waals surface area contributed by atoms with E-state index in [1.165, 1.54) is 6.07 Å². The van der Waals surface area contributed by atoms with E-state index in [-0.39, 0.29) is 24.1 Å². The first-order valence-corrected chi connectivity index (χ1v) is 11.2. The van der Waals surface area contributed by atoms with E-state index in [0.717, 1.165) is 19.4 Å². The van der Waals surface area contributed by atoms with Crippen molar-refractivity contribution in [3.05, 3.63) is 50.9 Å². The summed E-state index contributed by atoms with van der Waals surface area (Å²) in [6.45, 7) is 3.45. The molecule has 1 N–H and O–H groups in total. The normalized spacial score (nSPS) is 19.2. The number of carbonyl (C=O) groups is 1. The fraction of sp³-hybridized carbons (Fsp3) is 0.409. The van der Waals surface area contributed by atoms with Crippen LogP contribution in [0.25, 0.3) is 11.1 Å². The molecule has 0 saturated carbocycles. The predicted molar refractivity (Wildman–Crippen MR) is 121 cm³/mol. The highest BCUT2D eigenvalue weighted by molar-refractivity contribution is 6.31. The molecule has 0 aliphatic carbocycles. The molecule has 2 aliphatic heterocycles. The number of likely N-dealkylation sites (tertiary alicyclic amines) is 1. The Labute approximate surface area is 194 Å². The van der Waals surface area contributed by atoms with E-state index in [9.17, 15) is 9.59 Å². The maximum absolute atomic E-state index is 13.0. The lowest BCUT2D eigenvalue weighted by atomic mass is 10.1. The summed E-state index contributed by atoms with van der Waals surface area (Å²) < 4.78 is 5.85. The van der Waals surface area contributed by atoms with Crippen molar-refractivity contribution >= 4 is 34.6 Å². The zero-order valence-electron chi connectivity index (χ0n) is 17.8. The van der Waals surface area contributed by atoms with Crippen LogP contribution < -0.4 is 10.5 Å². The van der Waals surface area contributed by atoms with E-state index < -0.39 is 5.56 Å². The van der Waals surface area contributed by atoms with Gasteiger partial charge in [0.15, 0.2) is 5.58 Å². The van der Waals surface area contributed by atoms with E-state index >= 15 is 0 Å². The molecule has 2 fully saturated rings. The van der Waals surface area contributed by atoms with Crippen LogP contribution in [0.4, 0.5) is 6.01 Å². The molecule has 0 bridgehead atoms. The van der Waals surface area contributed by atoms with E-state index in [0.29, 0.717) is 54.0 Å². The first-order valence-electron chi connectivity index (χ1n) is 10.8. The van der Waals surface area contributed by atoms with Crippen LogP contribution in [0.15, 0.2) is 33.5 Å². The SMILES string of the molecule is N#Cc1cc(C2CCCN2CC(=O)N2CCN(c3nc4cc(Cl)ccc4o3)CC2)n[nH]c1=O. The van der Waals surface area contributed by atoms with Gasteiger partial charge in [0.1, 0.15) is 17.1 Å². The minimum absolute atomic E-state index is 0.0377. The second-order valence-corrected chi connectivity index (χ2v) is 8.69. The van der Waals surface area contributed by atoms with E-state index in [1.54, 1.807) is 18.2 Å². The minimum atomic E-state index is -0.498. The van der Waals surface area contributed by atoms with Crippen molar-refractivity contribution in [1.29, 1.82) is 5.26 Å². The average Bonchev–Trinajstić information content (AvgIpc) is 3.46. The van der Waals surface area contributed by atoms with Crippen molar-refractivity contribution in [3.8, 4) is 6.07 Å². The first kappa shape index (κ1) is 21.4. The Morgan fingerprint density at radius 1 is 1.24 bits per heavy atom. The van der Waals surface area contributed by atoms with Gasteiger partial charge in [-0.05, 0) is 43.7 Å². The van der Waals surface area contributed by atoms with E-state index in [2.05, 4.69) is 20.1 Å². The summed E-state index contributed by atoms with van der Waals surface area (Å²) in [5.41, 5.74) is 1.56. The molecule has 1 atom stereocenters. The lowest BCUT2D eigenvalue weighted by Crippen LogP contribution is -2.51. The predicted octanol–water partition coefficient (Wildman–Crippen LogP) is 1.92. The van der Waals surface area contributed by atoms with Gasteiger partial charge in [-0.2, -0.15) is 15.3 Å². The number of aromatic nitrogens is 3. The highest BCUT2D eigenvalue weighted by Crippen LogP contribution is 2.30. The molecule has 5 rings (SSSR count). The van der Waals surface area contributed by atoms with Gasteiger partial charge in [-0.3, -0.25) is 14.5 Å². The van der Waals surface area contributed by atoms with Crippen LogP contribution >= 0.6 is 11.6 Å². The van der Waals surface area contributed by atoms with Gasteiger partial charge in [0.2, 0.25) is 5.91 Å². The van der Waals surface area contributed by atoms with Crippen molar-refractivity contribution in [2.24, 2.45) is 0 Å². The maximum atomic E-state index is 13.0. The number of amides is 1. The number of benzene rings is 1. The second-order valence-electron chi connectivity index (χ2n) is 8.25. The Morgan fingerprint density at radius 2 is 2.06 bits per heavy atom. The summed E-state index contributed by atoms with van der Waals surface area (Å²) in [6, 6.07) is 9.21. The van der Waals surface area contributed by atoms with Gasteiger partial charge in [-0.25, -0.2) is 5.10 Å². The average molecular weight is 468 g/mol. The zero-order valence-corrected chi connectivity index (χ0v) is 18.6. The molecule has 170 valence electrons. The number of fused-ring (bicyclic) bond motifs is 1. The zero-order chi connectivity index (χ0) is 22.9. The topological polar surface area (TPSA) is 122 Å². The molecule has 2 aromatic heterocycles. The molecule has 1 aromatic carbocycles. The van der Waals surface area contributed by atoms with Crippen LogP contribution in [0.2, 0.25) is 5.02 Å². The Balaban J connectivity index is 1.21. The molecule has 10 nitrogen and oxygen atoms in total. The van der Waals surface area contributed by atoms with Crippen LogP contribution in [0.5, 0.6) is 0 Å². The molecular formula is C22H22ClN7O3. The third-order valence-electron chi connectivity index (χ3n) is 6.23. The van der Waals surface area contributed by atoms with Crippen molar-refractivity contribution in [2.45, 2.75) is 18.9 Å². The Morgan fingerprint density at radius 3 is 2.85 bits per heavy atom. The number of nitrogens with zero attached hydrogens (tertiary/aromatic N) is 6. The van der Waals surface area contributed by atoms with Crippen molar-refractivity contribution in [3.63, 3.8) is 0 Å². The summed E-state index contributed by atoms with van der Waals surface area (Å²) in [7, 11) is 0. The number of hydrogen-bond donors (Lipinski definition) is 1. The molecule has 2 aliphatic rings. The molecular weight excluding hydrogens is 446 g/mol. The molecule has 1 amide bonds. The number of anilines is 1. The van der Waals surface area contributed by atoms with Gasteiger partial charge in [0.05, 0.1) is 18.3 Å². The molecule has 3 aromatic rings. The smallest absolute Gasteiger partial charge is 0.298 e. The van der Waals surface area contributed by atoms with Gasteiger partial charge in [-0.1, -0.05) is 11.6 Å². The number of piperazine rings is 1. The largest absolute Gasteiger partial charge is 0.423 e. The summed E-state index contributed by atoms with van der Waals surface area (Å²) in [5, 5.41) is 16.2. The van der Waals surface area contributed by atoms with Gasteiger partial charge in [0, 0.05) is 31.2 Å². The molecule has 4 heterocycles. The third kappa shape index (κ3) is 4.29. The lowest BCUT2D eigenvalue weighted by molar-refractivity contribution is -0.133. The highest BCUT2D eigenvalue weighted by Gasteiger charge is 2.32. The molecule has 1 unspecified atom stereocenters. The van der Waals surface area contributed by atoms with Gasteiger partial charge >= 0.3 is 0 Å². The Kier molecular flexibility index (Phi) is 5.74. The van der Waals surface area contributed by atoms with Crippen LogP contribution in [-0.2, 0) is 4.79 Å². The van der Waals surface area contributed by atoms with Crippen LogP contribution in [-0.4, -0.2) is 70.2 Å². The number of aromatic amines is 1. The van der Waals surface area contributed by atoms with Crippen LogP contribution in [0.3, 0.4) is 0 Å². The second kappa shape index (κ2) is 8.84. The first-order chi connectivity index (χ1) is 16.0. The molecule has 33 heavy (non-hydrogen) atoms. The number of H-pyrrole nitrogens is 1. The van der Waals surface area contributed by atoms with E-state index in [4.69, 9.17) is 21.3 Å². The van der Waals surface area contributed by atoms with Gasteiger partial charge < -0.3 is 14.2 Å². The number of carbonyl (C=O) groups excluding carboxylic acids is 1. The van der Waals surface area contributed by atoms with Crippen molar-refractivity contribution < 1.29 is 9.21 Å². The Bertz CT molecular complexity index is 1290. The monoisotopic (exact) mass is 467 g/mol. The van der Waals surface area contributed by atoms with Crippen LogP contribution in [0, 0.1) is 11.3 Å². The summed E-state index contributed by atoms with van der Waals surface area (Å²) >= 11 is 6.03. The Hall–Kier alpha value is -3.42. The fourth-order valence-corrected chi connectivity index (χ4v) is 4.64. The third-order valence-corrected chi connectivity index (χ3v) is 6.46. The minimum Gasteiger partial charge on any atom is -0.423 e. The van der Waals surface area contributed by atoms with Crippen molar-refractivity contribution in [2.75, 3.05) is 44.2 Å². The molecule has 11 heteroatoms. The number of nitrogens with one attached hydrogen (secondary N) is 1. The number of rotatable bonds is 4. The number of hydrogen-bond acceptors (Lipinski definition) is 8. The lowest BCUT2D eigenvalue weighted by Gasteiger charge is -2.35. The fourth-order valence-electron chi connectivity index (χ4n) is 4.47. The number of nitriles is 1. The molecule has 2 saturated heterocycles. The summed E-state index contributed by atoms with van der Waals surface area (Å²) in [6.07, 6.45) is 1.75. The maximum Gasteiger partial charge on any atom is 0.298 e. The quantitative estimate of drug-likeness (QED) is 0.617. The van der Waals surface area contributed by atoms with E-state index in [1.807, 2.05) is 15.9 Å². The highest BCUT2D eigenvalue weighted by atomic mass is 35.5. The van der Waals surface area contributed by atoms with Gasteiger partial charge in [0.25, 0.3) is 11.6 Å². The summed E-state index contributed by atoms with van der Waals surface area (Å²) in [5.74, 6) is 0.0517. The van der Waals surface area contributed by atoms with Crippen molar-refractivity contribution in [1.82, 2.24) is 25.0 Å². The molecule has 0 radical (unpaired) electrons. The summed E-state index contributed by atoms with van der Waals surface area (Å²) in [4.78, 5) is 35.1. The van der Waals surface area contributed by atoms with Gasteiger partial charge in [-0.15, -0.1) is 0 Å². The van der Waals surface area contributed by atoms with Crippen LogP contribution in [0.1, 0.15) is 30.1 Å². The number of oxazole rings is 1. The number of halogens is 1.